The van der Waals surface area contributed by atoms with Gasteiger partial charge in [0.25, 0.3) is 0 Å². The average Bonchev–Trinajstić information content (AvgIpc) is 2.17. The average molecular weight is 163 g/mol. The summed E-state index contributed by atoms with van der Waals surface area (Å²) in [6.45, 7) is 0.656. The zero-order chi connectivity index (χ0) is 6.69. The SMILES string of the molecule is COCc1csc(Cl)c1. The molecule has 1 aromatic rings. The smallest absolute Gasteiger partial charge is 0.0931 e. The molecule has 3 heteroatoms. The van der Waals surface area contributed by atoms with Crippen molar-refractivity contribution in [3.05, 3.63) is 21.3 Å². The summed E-state index contributed by atoms with van der Waals surface area (Å²) in [5, 5.41) is 1.99. The maximum absolute atomic E-state index is 5.66. The van der Waals surface area contributed by atoms with Crippen molar-refractivity contribution in [1.82, 2.24) is 0 Å². The van der Waals surface area contributed by atoms with Gasteiger partial charge in [-0.15, -0.1) is 11.3 Å². The number of methoxy groups -OCH3 is 1. The second kappa shape index (κ2) is 3.20. The summed E-state index contributed by atoms with van der Waals surface area (Å²) in [4.78, 5) is 0. The molecule has 0 saturated heterocycles. The van der Waals surface area contributed by atoms with E-state index < -0.39 is 0 Å². The molecule has 0 fully saturated rings. The lowest BCUT2D eigenvalue weighted by Crippen LogP contribution is -1.81. The second-order valence-electron chi connectivity index (χ2n) is 1.69. The van der Waals surface area contributed by atoms with Crippen molar-refractivity contribution in [3.63, 3.8) is 0 Å². The Labute approximate surface area is 63.2 Å². The van der Waals surface area contributed by atoms with Gasteiger partial charge in [0.05, 0.1) is 10.9 Å². The maximum Gasteiger partial charge on any atom is 0.0931 e. The molecule has 1 nitrogen and oxygen atoms in total. The van der Waals surface area contributed by atoms with Crippen LogP contribution in [0.2, 0.25) is 4.34 Å². The third-order valence-electron chi connectivity index (χ3n) is 0.933. The van der Waals surface area contributed by atoms with Crippen molar-refractivity contribution in [2.75, 3.05) is 7.11 Å². The topological polar surface area (TPSA) is 9.23 Å². The van der Waals surface area contributed by atoms with Gasteiger partial charge in [-0.1, -0.05) is 11.6 Å². The monoisotopic (exact) mass is 162 g/mol. The van der Waals surface area contributed by atoms with E-state index in [0.717, 1.165) is 9.90 Å². The van der Waals surface area contributed by atoms with E-state index in [1.165, 1.54) is 11.3 Å². The lowest BCUT2D eigenvalue weighted by atomic mass is 10.4. The summed E-state index contributed by atoms with van der Waals surface area (Å²) in [6, 6.07) is 1.91. The fraction of sp³-hybridized carbons (Fsp3) is 0.333. The van der Waals surface area contributed by atoms with E-state index in [2.05, 4.69) is 0 Å². The van der Waals surface area contributed by atoms with Crippen LogP contribution in [0.15, 0.2) is 11.4 Å². The van der Waals surface area contributed by atoms with E-state index in [1.54, 1.807) is 7.11 Å². The van der Waals surface area contributed by atoms with Crippen molar-refractivity contribution in [2.24, 2.45) is 0 Å². The molecule has 50 valence electrons. The van der Waals surface area contributed by atoms with Gasteiger partial charge in [0, 0.05) is 7.11 Å². The van der Waals surface area contributed by atoms with Gasteiger partial charge in [-0.25, -0.2) is 0 Å². The van der Waals surface area contributed by atoms with E-state index in [-0.39, 0.29) is 0 Å². The molecule has 1 heterocycles. The van der Waals surface area contributed by atoms with Crippen LogP contribution in [0.5, 0.6) is 0 Å². The first-order valence-corrected chi connectivity index (χ1v) is 3.80. The Bertz CT molecular complexity index is 185. The van der Waals surface area contributed by atoms with Crippen molar-refractivity contribution >= 4 is 22.9 Å². The molecule has 0 aliphatic heterocycles. The minimum Gasteiger partial charge on any atom is -0.380 e. The van der Waals surface area contributed by atoms with Crippen molar-refractivity contribution in [1.29, 1.82) is 0 Å². The van der Waals surface area contributed by atoms with Crippen LogP contribution < -0.4 is 0 Å². The molecular formula is C6H7ClOS. The quantitative estimate of drug-likeness (QED) is 0.650. The zero-order valence-electron chi connectivity index (χ0n) is 5.06. The van der Waals surface area contributed by atoms with Gasteiger partial charge >= 0.3 is 0 Å². The molecule has 0 amide bonds. The van der Waals surface area contributed by atoms with Crippen molar-refractivity contribution in [3.8, 4) is 0 Å². The first kappa shape index (κ1) is 7.06. The summed E-state index contributed by atoms with van der Waals surface area (Å²) in [5.41, 5.74) is 1.15. The Morgan fingerprint density at radius 3 is 3.00 bits per heavy atom. The Balaban J connectivity index is 2.61. The molecule has 0 radical (unpaired) electrons. The normalized spacial score (nSPS) is 10.0. The molecule has 1 rings (SSSR count). The summed E-state index contributed by atoms with van der Waals surface area (Å²) in [6.07, 6.45) is 0. The third kappa shape index (κ3) is 1.97. The molecule has 0 bridgehead atoms. The number of halogens is 1. The highest BCUT2D eigenvalue weighted by Gasteiger charge is 1.94. The Hall–Kier alpha value is -0.0500. The number of hydrogen-bond acceptors (Lipinski definition) is 2. The van der Waals surface area contributed by atoms with E-state index in [0.29, 0.717) is 6.61 Å². The summed E-state index contributed by atoms with van der Waals surface area (Å²) < 4.78 is 5.71. The predicted octanol–water partition coefficient (Wildman–Crippen LogP) is 2.55. The molecule has 0 aromatic carbocycles. The van der Waals surface area contributed by atoms with E-state index in [1.807, 2.05) is 11.4 Å². The van der Waals surface area contributed by atoms with Crippen LogP contribution in [0.4, 0.5) is 0 Å². The van der Waals surface area contributed by atoms with Crippen LogP contribution in [-0.4, -0.2) is 7.11 Å². The number of hydrogen-bond donors (Lipinski definition) is 0. The summed E-state index contributed by atoms with van der Waals surface area (Å²) in [5.74, 6) is 0. The number of rotatable bonds is 2. The highest BCUT2D eigenvalue weighted by atomic mass is 35.5. The number of thiophene rings is 1. The molecule has 9 heavy (non-hydrogen) atoms. The second-order valence-corrected chi connectivity index (χ2v) is 3.23. The Kier molecular flexibility index (Phi) is 2.51. The van der Waals surface area contributed by atoms with Gasteiger partial charge in [0.1, 0.15) is 0 Å². The summed E-state index contributed by atoms with van der Waals surface area (Å²) in [7, 11) is 1.67. The molecular weight excluding hydrogens is 156 g/mol. The molecule has 0 N–H and O–H groups in total. The summed E-state index contributed by atoms with van der Waals surface area (Å²) >= 11 is 7.19. The fourth-order valence-corrected chi connectivity index (χ4v) is 1.48. The minimum absolute atomic E-state index is 0.656. The molecule has 0 unspecified atom stereocenters. The lowest BCUT2D eigenvalue weighted by Gasteiger charge is -1.89. The van der Waals surface area contributed by atoms with Gasteiger partial charge in [0.2, 0.25) is 0 Å². The highest BCUT2D eigenvalue weighted by Crippen LogP contribution is 2.19. The highest BCUT2D eigenvalue weighted by molar-refractivity contribution is 7.14. The lowest BCUT2D eigenvalue weighted by molar-refractivity contribution is 0.185. The van der Waals surface area contributed by atoms with E-state index in [4.69, 9.17) is 16.3 Å². The largest absolute Gasteiger partial charge is 0.380 e. The molecule has 1 aromatic heterocycles. The van der Waals surface area contributed by atoms with Crippen LogP contribution >= 0.6 is 22.9 Å². The fourth-order valence-electron chi connectivity index (χ4n) is 0.588. The standard InChI is InChI=1S/C6H7ClOS/c1-8-3-5-2-6(7)9-4-5/h2,4H,3H2,1H3. The van der Waals surface area contributed by atoms with Crippen molar-refractivity contribution < 1.29 is 4.74 Å². The molecule has 0 aliphatic rings. The maximum atomic E-state index is 5.66. The molecule has 0 saturated carbocycles. The van der Waals surface area contributed by atoms with Crippen LogP contribution in [0, 0.1) is 0 Å². The molecule has 0 aliphatic carbocycles. The van der Waals surface area contributed by atoms with Gasteiger partial charge in [-0.3, -0.25) is 0 Å². The first-order chi connectivity index (χ1) is 4.33. The Morgan fingerprint density at radius 1 is 1.78 bits per heavy atom. The van der Waals surface area contributed by atoms with Crippen LogP contribution in [0.3, 0.4) is 0 Å². The van der Waals surface area contributed by atoms with E-state index >= 15 is 0 Å². The number of ether oxygens (including phenoxy) is 1. The zero-order valence-corrected chi connectivity index (χ0v) is 6.63. The van der Waals surface area contributed by atoms with Gasteiger partial charge in [-0.05, 0) is 17.0 Å². The Morgan fingerprint density at radius 2 is 2.56 bits per heavy atom. The van der Waals surface area contributed by atoms with Crippen LogP contribution in [-0.2, 0) is 11.3 Å². The van der Waals surface area contributed by atoms with Crippen LogP contribution in [0.1, 0.15) is 5.56 Å². The van der Waals surface area contributed by atoms with Gasteiger partial charge < -0.3 is 4.74 Å². The molecule has 0 atom stereocenters. The minimum atomic E-state index is 0.656. The first-order valence-electron chi connectivity index (χ1n) is 2.55. The van der Waals surface area contributed by atoms with Crippen LogP contribution in [0.25, 0.3) is 0 Å². The van der Waals surface area contributed by atoms with Gasteiger partial charge in [-0.2, -0.15) is 0 Å². The van der Waals surface area contributed by atoms with Crippen molar-refractivity contribution in [2.45, 2.75) is 6.61 Å². The molecule has 0 spiro atoms. The van der Waals surface area contributed by atoms with Gasteiger partial charge in [0.15, 0.2) is 0 Å². The third-order valence-corrected chi connectivity index (χ3v) is 2.07. The predicted molar refractivity (Wildman–Crippen MR) is 40.0 cm³/mol. The van der Waals surface area contributed by atoms with E-state index in [9.17, 15) is 0 Å².